The smallest absolute Gasteiger partial charge is 0.247 e. The quantitative estimate of drug-likeness (QED) is 0.516. The molecule has 1 fully saturated rings. The van der Waals surface area contributed by atoms with Crippen molar-refractivity contribution in [2.24, 2.45) is 11.8 Å². The van der Waals surface area contributed by atoms with Crippen LogP contribution in [0, 0.1) is 23.7 Å². The summed E-state index contributed by atoms with van der Waals surface area (Å²) in [6.07, 6.45) is 1.44. The summed E-state index contributed by atoms with van der Waals surface area (Å²) in [5.74, 6) is 6.89. The second-order valence-electron chi connectivity index (χ2n) is 9.91. The van der Waals surface area contributed by atoms with Gasteiger partial charge in [0, 0.05) is 37.0 Å². The van der Waals surface area contributed by atoms with Gasteiger partial charge in [0.1, 0.15) is 22.5 Å². The van der Waals surface area contributed by atoms with Crippen LogP contribution < -0.4 is 9.47 Å². The lowest BCUT2D eigenvalue weighted by Gasteiger charge is -2.37. The fraction of sp³-hybridized carbons (Fsp3) is 0.481. The molecule has 3 atom stereocenters. The maximum Gasteiger partial charge on any atom is 0.247 e. The van der Waals surface area contributed by atoms with E-state index in [1.807, 2.05) is 6.92 Å². The van der Waals surface area contributed by atoms with Crippen LogP contribution in [-0.2, 0) is 20.0 Å². The van der Waals surface area contributed by atoms with E-state index >= 15 is 0 Å². The van der Waals surface area contributed by atoms with Gasteiger partial charge in [0.15, 0.2) is 0 Å². The predicted molar refractivity (Wildman–Crippen MR) is 143 cm³/mol. The highest BCUT2D eigenvalue weighted by molar-refractivity contribution is 7.89. The lowest BCUT2D eigenvalue weighted by molar-refractivity contribution is 0.0904. The molecular weight excluding hydrogens is 528 g/mol. The topological polar surface area (TPSA) is 113 Å². The van der Waals surface area contributed by atoms with Gasteiger partial charge in [-0.1, -0.05) is 18.8 Å². The number of methoxy groups -OCH3 is 1. The Bertz CT molecular complexity index is 1430. The average Bonchev–Trinajstić information content (AvgIpc) is 3.73. The molecule has 4 rings (SSSR count). The highest BCUT2D eigenvalue weighted by Gasteiger charge is 2.39. The summed E-state index contributed by atoms with van der Waals surface area (Å²) in [4.78, 5) is 0.0720. The SMILES string of the molecule is COc1ccc(S(=O)(=O)N(C)C[C@H]2Oc3cc(C#CC4CC4)ccc3S(=O)(=O)N([C@@H](C)CO)C[C@H]2C)cc1. The van der Waals surface area contributed by atoms with Crippen molar-refractivity contribution in [3.8, 4) is 23.3 Å². The molecule has 2 aromatic rings. The predicted octanol–water partition coefficient (Wildman–Crippen LogP) is 2.55. The van der Waals surface area contributed by atoms with Gasteiger partial charge in [-0.15, -0.1) is 0 Å². The molecule has 9 nitrogen and oxygen atoms in total. The summed E-state index contributed by atoms with van der Waals surface area (Å²) in [7, 11) is -4.88. The number of sulfonamides is 2. The lowest BCUT2D eigenvalue weighted by Crippen LogP contribution is -2.50. The zero-order valence-electron chi connectivity index (χ0n) is 22.0. The number of nitrogens with zero attached hydrogens (tertiary/aromatic N) is 2. The van der Waals surface area contributed by atoms with Gasteiger partial charge < -0.3 is 14.6 Å². The Labute approximate surface area is 225 Å². The van der Waals surface area contributed by atoms with Gasteiger partial charge >= 0.3 is 0 Å². The fourth-order valence-electron chi connectivity index (χ4n) is 4.21. The molecule has 1 heterocycles. The zero-order chi connectivity index (χ0) is 27.7. The van der Waals surface area contributed by atoms with Crippen LogP contribution in [-0.4, -0.2) is 76.6 Å². The van der Waals surface area contributed by atoms with Gasteiger partial charge in [-0.25, -0.2) is 16.8 Å². The van der Waals surface area contributed by atoms with Crippen molar-refractivity contribution in [2.75, 3.05) is 33.9 Å². The van der Waals surface area contributed by atoms with Gasteiger partial charge in [0.2, 0.25) is 20.0 Å². The summed E-state index contributed by atoms with van der Waals surface area (Å²) < 4.78 is 67.8. The van der Waals surface area contributed by atoms with Crippen LogP contribution >= 0.6 is 0 Å². The molecule has 0 aromatic heterocycles. The molecule has 0 bridgehead atoms. The molecule has 0 amide bonds. The Kier molecular flexibility index (Phi) is 8.40. The number of aliphatic hydroxyl groups excluding tert-OH is 1. The molecule has 0 radical (unpaired) electrons. The monoisotopic (exact) mass is 562 g/mol. The first kappa shape index (κ1) is 28.4. The maximum absolute atomic E-state index is 13.6. The van der Waals surface area contributed by atoms with Crippen LogP contribution in [0.1, 0.15) is 32.3 Å². The Hall–Kier alpha value is -2.62. The third-order valence-electron chi connectivity index (χ3n) is 6.87. The van der Waals surface area contributed by atoms with E-state index in [1.54, 1.807) is 31.2 Å². The lowest BCUT2D eigenvalue weighted by atomic mass is 10.0. The number of likely N-dealkylation sites (N-methyl/N-ethyl adjacent to an activating group) is 1. The van der Waals surface area contributed by atoms with Crippen LogP contribution in [0.2, 0.25) is 0 Å². The van der Waals surface area contributed by atoms with Crippen LogP contribution in [0.4, 0.5) is 0 Å². The molecule has 1 saturated carbocycles. The maximum atomic E-state index is 13.6. The van der Waals surface area contributed by atoms with E-state index in [0.717, 1.165) is 12.8 Å². The van der Waals surface area contributed by atoms with Crippen LogP contribution in [0.3, 0.4) is 0 Å². The van der Waals surface area contributed by atoms with Gasteiger partial charge in [-0.2, -0.15) is 8.61 Å². The molecule has 0 spiro atoms. The summed E-state index contributed by atoms with van der Waals surface area (Å²) >= 11 is 0. The standard InChI is InChI=1S/C27H34N2O7S2/c1-19-16-29(20(2)18-30)38(33,34)27-14-9-22(8-7-21-5-6-21)15-25(27)36-26(19)17-28(3)37(31,32)24-12-10-23(35-4)11-13-24/h9-15,19-21,26,30H,5-6,16-18H2,1-4H3/t19-,20+,26-/m1/s1. The van der Waals surface area contributed by atoms with E-state index in [9.17, 15) is 21.9 Å². The van der Waals surface area contributed by atoms with Crippen molar-refractivity contribution in [1.29, 1.82) is 0 Å². The van der Waals surface area contributed by atoms with Crippen molar-refractivity contribution < 1.29 is 31.4 Å². The minimum absolute atomic E-state index is 0.0195. The van der Waals surface area contributed by atoms with Crippen LogP contribution in [0.25, 0.3) is 0 Å². The summed E-state index contributed by atoms with van der Waals surface area (Å²) in [6, 6.07) is 10.2. The van der Waals surface area contributed by atoms with Crippen molar-refractivity contribution in [3.63, 3.8) is 0 Å². The second-order valence-corrected chi connectivity index (χ2v) is 13.8. The number of aliphatic hydroxyl groups is 1. The largest absolute Gasteiger partial charge is 0.497 e. The Morgan fingerprint density at radius 1 is 1.21 bits per heavy atom. The van der Waals surface area contributed by atoms with E-state index in [4.69, 9.17) is 9.47 Å². The molecule has 1 N–H and O–H groups in total. The average molecular weight is 563 g/mol. The fourth-order valence-corrected chi connectivity index (χ4v) is 7.22. The second kappa shape index (κ2) is 11.2. The molecular formula is C27H34N2O7S2. The number of benzene rings is 2. The third kappa shape index (κ3) is 6.00. The van der Waals surface area contributed by atoms with E-state index in [2.05, 4.69) is 11.8 Å². The Balaban J connectivity index is 1.70. The van der Waals surface area contributed by atoms with Gasteiger partial charge in [-0.05, 0) is 62.2 Å². The summed E-state index contributed by atoms with van der Waals surface area (Å²) in [5.41, 5.74) is 0.624. The van der Waals surface area contributed by atoms with Crippen molar-refractivity contribution >= 4 is 20.0 Å². The minimum Gasteiger partial charge on any atom is -0.497 e. The summed E-state index contributed by atoms with van der Waals surface area (Å²) in [5, 5.41) is 9.82. The molecule has 11 heteroatoms. The molecule has 2 aliphatic rings. The minimum atomic E-state index is -4.00. The molecule has 206 valence electrons. The molecule has 38 heavy (non-hydrogen) atoms. The number of hydrogen-bond donors (Lipinski definition) is 1. The number of rotatable bonds is 7. The van der Waals surface area contributed by atoms with E-state index in [0.29, 0.717) is 17.2 Å². The molecule has 0 saturated heterocycles. The number of hydrogen-bond acceptors (Lipinski definition) is 7. The third-order valence-corrected chi connectivity index (χ3v) is 10.7. The normalized spacial score (nSPS) is 22.3. The first-order chi connectivity index (χ1) is 18.0. The number of ether oxygens (including phenoxy) is 2. The zero-order valence-corrected chi connectivity index (χ0v) is 23.6. The van der Waals surface area contributed by atoms with Crippen molar-refractivity contribution in [3.05, 3.63) is 48.0 Å². The molecule has 1 aliphatic carbocycles. The van der Waals surface area contributed by atoms with Gasteiger partial charge in [-0.3, -0.25) is 0 Å². The first-order valence-corrected chi connectivity index (χ1v) is 15.4. The highest BCUT2D eigenvalue weighted by atomic mass is 32.2. The van der Waals surface area contributed by atoms with Crippen LogP contribution in [0.15, 0.2) is 52.3 Å². The van der Waals surface area contributed by atoms with Crippen molar-refractivity contribution in [2.45, 2.75) is 48.6 Å². The van der Waals surface area contributed by atoms with E-state index in [1.165, 1.54) is 41.0 Å². The Morgan fingerprint density at radius 3 is 2.50 bits per heavy atom. The summed E-state index contributed by atoms with van der Waals surface area (Å²) in [6.45, 7) is 3.12. The first-order valence-electron chi connectivity index (χ1n) is 12.5. The molecule has 2 aromatic carbocycles. The molecule has 0 unspecified atom stereocenters. The molecule has 1 aliphatic heterocycles. The Morgan fingerprint density at radius 2 is 1.89 bits per heavy atom. The van der Waals surface area contributed by atoms with E-state index in [-0.39, 0.29) is 35.2 Å². The highest BCUT2D eigenvalue weighted by Crippen LogP contribution is 2.35. The van der Waals surface area contributed by atoms with Crippen molar-refractivity contribution in [1.82, 2.24) is 8.61 Å². The van der Waals surface area contributed by atoms with Crippen LogP contribution in [0.5, 0.6) is 11.5 Å². The number of fused-ring (bicyclic) bond motifs is 1. The van der Waals surface area contributed by atoms with Gasteiger partial charge in [0.05, 0.1) is 25.2 Å². The van der Waals surface area contributed by atoms with Gasteiger partial charge in [0.25, 0.3) is 0 Å². The van der Waals surface area contributed by atoms with E-state index < -0.39 is 38.1 Å².